The number of aryl methyl sites for hydroxylation is 1. The number of ether oxygens (including phenoxy) is 1. The third kappa shape index (κ3) is 3.18. The van der Waals surface area contributed by atoms with Crippen LogP contribution in [0.25, 0.3) is 5.52 Å². The number of esters is 1. The molecule has 0 aromatic carbocycles. The van der Waals surface area contributed by atoms with Crippen molar-refractivity contribution in [2.45, 2.75) is 20.3 Å². The number of hydrogen-bond donors (Lipinski definition) is 0. The number of rotatable bonds is 5. The van der Waals surface area contributed by atoms with E-state index in [1.807, 2.05) is 25.9 Å². The van der Waals surface area contributed by atoms with Crippen molar-refractivity contribution in [1.82, 2.24) is 14.6 Å². The van der Waals surface area contributed by atoms with Gasteiger partial charge in [-0.2, -0.15) is 5.10 Å². The van der Waals surface area contributed by atoms with Gasteiger partial charge < -0.3 is 9.64 Å². The zero-order valence-electron chi connectivity index (χ0n) is 12.6. The molecule has 21 heavy (non-hydrogen) atoms. The Balaban J connectivity index is 2.36. The molecule has 0 spiro atoms. The molecule has 7 nitrogen and oxygen atoms in total. The predicted octanol–water partition coefficient (Wildman–Crippen LogP) is 1.24. The van der Waals surface area contributed by atoms with E-state index in [-0.39, 0.29) is 24.5 Å². The Morgan fingerprint density at radius 3 is 2.71 bits per heavy atom. The van der Waals surface area contributed by atoms with Crippen molar-refractivity contribution in [3.63, 3.8) is 0 Å². The van der Waals surface area contributed by atoms with Gasteiger partial charge in [0.15, 0.2) is 11.6 Å². The summed E-state index contributed by atoms with van der Waals surface area (Å²) in [5.41, 5.74) is 1.75. The Morgan fingerprint density at radius 2 is 2.10 bits per heavy atom. The van der Waals surface area contributed by atoms with Crippen LogP contribution in [0.3, 0.4) is 0 Å². The van der Waals surface area contributed by atoms with Gasteiger partial charge in [-0.1, -0.05) is 0 Å². The Kier molecular flexibility index (Phi) is 4.21. The van der Waals surface area contributed by atoms with Gasteiger partial charge in [-0.15, -0.1) is 0 Å². The Hall–Kier alpha value is -2.44. The predicted molar refractivity (Wildman–Crippen MR) is 77.6 cm³/mol. The van der Waals surface area contributed by atoms with E-state index in [2.05, 4.69) is 10.1 Å². The molecule has 0 fully saturated rings. The molecule has 2 aromatic heterocycles. The highest BCUT2D eigenvalue weighted by atomic mass is 16.5. The molecule has 0 aliphatic rings. The van der Waals surface area contributed by atoms with Crippen molar-refractivity contribution in [1.29, 1.82) is 0 Å². The maximum atomic E-state index is 12.1. The van der Waals surface area contributed by atoms with E-state index < -0.39 is 5.97 Å². The monoisotopic (exact) mass is 290 g/mol. The minimum absolute atomic E-state index is 0.235. The van der Waals surface area contributed by atoms with Crippen LogP contribution < -0.4 is 4.90 Å². The molecule has 112 valence electrons. The van der Waals surface area contributed by atoms with Crippen LogP contribution in [0.5, 0.6) is 0 Å². The van der Waals surface area contributed by atoms with Crippen molar-refractivity contribution in [3.05, 3.63) is 23.7 Å². The van der Waals surface area contributed by atoms with E-state index in [1.54, 1.807) is 23.7 Å². The fourth-order valence-electron chi connectivity index (χ4n) is 1.99. The van der Waals surface area contributed by atoms with E-state index in [9.17, 15) is 9.59 Å². The van der Waals surface area contributed by atoms with Crippen molar-refractivity contribution >= 4 is 23.1 Å². The number of aromatic nitrogens is 3. The topological polar surface area (TPSA) is 76.8 Å². The molecular weight excluding hydrogens is 272 g/mol. The average Bonchev–Trinajstić information content (AvgIpc) is 2.81. The first-order valence-electron chi connectivity index (χ1n) is 6.65. The van der Waals surface area contributed by atoms with Crippen molar-refractivity contribution < 1.29 is 14.3 Å². The molecule has 0 saturated heterocycles. The molecule has 0 bridgehead atoms. The molecule has 0 radical (unpaired) electrons. The number of ketones is 1. The minimum Gasteiger partial charge on any atom is -0.466 e. The largest absolute Gasteiger partial charge is 0.466 e. The van der Waals surface area contributed by atoms with E-state index >= 15 is 0 Å². The SMILES string of the molecule is CCOC(=O)CC(=O)c1cc2c(N(C)C)nc(C)cn2n1. The third-order valence-corrected chi connectivity index (χ3v) is 2.88. The van der Waals surface area contributed by atoms with Crippen molar-refractivity contribution in [2.75, 3.05) is 25.6 Å². The summed E-state index contributed by atoms with van der Waals surface area (Å²) in [6.07, 6.45) is 1.44. The first kappa shape index (κ1) is 15.0. The molecule has 2 rings (SSSR count). The molecular formula is C14H18N4O3. The summed E-state index contributed by atoms with van der Waals surface area (Å²) < 4.78 is 6.38. The van der Waals surface area contributed by atoms with Crippen LogP contribution >= 0.6 is 0 Å². The van der Waals surface area contributed by atoms with Gasteiger partial charge in [0.1, 0.15) is 17.6 Å². The number of carbonyl (C=O) groups excluding carboxylic acids is 2. The molecule has 0 amide bonds. The van der Waals surface area contributed by atoms with Crippen LogP contribution in [0, 0.1) is 6.92 Å². The zero-order valence-corrected chi connectivity index (χ0v) is 12.6. The van der Waals surface area contributed by atoms with Gasteiger partial charge in [0.25, 0.3) is 0 Å². The lowest BCUT2D eigenvalue weighted by molar-refractivity contribution is -0.141. The number of nitrogens with zero attached hydrogens (tertiary/aromatic N) is 4. The van der Waals surface area contributed by atoms with Crippen LogP contribution in [0.4, 0.5) is 5.82 Å². The number of anilines is 1. The standard InChI is InChI=1S/C14H18N4O3/c1-5-21-13(20)7-12(19)10-6-11-14(17(3)4)15-9(2)8-18(11)16-10/h6,8H,5,7H2,1-4H3. The van der Waals surface area contributed by atoms with Crippen molar-refractivity contribution in [2.24, 2.45) is 0 Å². The molecule has 0 atom stereocenters. The number of hydrogen-bond acceptors (Lipinski definition) is 6. The highest BCUT2D eigenvalue weighted by molar-refractivity contribution is 6.05. The van der Waals surface area contributed by atoms with Crippen LogP contribution in [0.1, 0.15) is 29.5 Å². The summed E-state index contributed by atoms with van der Waals surface area (Å²) in [6, 6.07) is 1.64. The minimum atomic E-state index is -0.540. The molecule has 2 heterocycles. The Labute approximate surface area is 122 Å². The zero-order chi connectivity index (χ0) is 15.6. The maximum absolute atomic E-state index is 12.1. The molecule has 0 aliphatic heterocycles. The Bertz CT molecular complexity index is 691. The third-order valence-electron chi connectivity index (χ3n) is 2.88. The first-order valence-corrected chi connectivity index (χ1v) is 6.65. The number of Topliss-reactive ketones (excluding diaryl/α,β-unsaturated/α-hetero) is 1. The molecule has 0 unspecified atom stereocenters. The van der Waals surface area contributed by atoms with Crippen LogP contribution in [-0.4, -0.2) is 47.1 Å². The van der Waals surface area contributed by atoms with Crippen LogP contribution in [0.15, 0.2) is 12.3 Å². The fourth-order valence-corrected chi connectivity index (χ4v) is 1.99. The summed E-state index contributed by atoms with van der Waals surface area (Å²) in [7, 11) is 3.74. The normalized spacial score (nSPS) is 10.7. The van der Waals surface area contributed by atoms with Gasteiger partial charge in [0, 0.05) is 14.1 Å². The molecule has 7 heteroatoms. The fraction of sp³-hybridized carbons (Fsp3) is 0.429. The lowest BCUT2D eigenvalue weighted by Gasteiger charge is -2.12. The second kappa shape index (κ2) is 5.90. The van der Waals surface area contributed by atoms with Gasteiger partial charge >= 0.3 is 5.97 Å². The summed E-state index contributed by atoms with van der Waals surface area (Å²) >= 11 is 0. The average molecular weight is 290 g/mol. The highest BCUT2D eigenvalue weighted by Gasteiger charge is 2.18. The molecule has 0 saturated carbocycles. The van der Waals surface area contributed by atoms with E-state index in [4.69, 9.17) is 4.74 Å². The van der Waals surface area contributed by atoms with Gasteiger partial charge in [-0.05, 0) is 19.9 Å². The van der Waals surface area contributed by atoms with Crippen LogP contribution in [0.2, 0.25) is 0 Å². The van der Waals surface area contributed by atoms with Crippen LogP contribution in [-0.2, 0) is 9.53 Å². The molecule has 0 N–H and O–H groups in total. The summed E-state index contributed by atoms with van der Waals surface area (Å²) in [5.74, 6) is -0.182. The lowest BCUT2D eigenvalue weighted by atomic mass is 10.2. The van der Waals surface area contributed by atoms with Gasteiger partial charge in [0.05, 0.1) is 18.5 Å². The quantitative estimate of drug-likeness (QED) is 0.468. The van der Waals surface area contributed by atoms with Gasteiger partial charge in [-0.25, -0.2) is 9.50 Å². The van der Waals surface area contributed by atoms with E-state index in [0.29, 0.717) is 0 Å². The second-order valence-corrected chi connectivity index (χ2v) is 4.86. The van der Waals surface area contributed by atoms with Gasteiger partial charge in [0.2, 0.25) is 0 Å². The smallest absolute Gasteiger partial charge is 0.313 e. The van der Waals surface area contributed by atoms with Gasteiger partial charge in [-0.3, -0.25) is 9.59 Å². The summed E-state index contributed by atoms with van der Waals surface area (Å²) in [4.78, 5) is 29.7. The molecule has 0 aliphatic carbocycles. The molecule has 2 aromatic rings. The summed E-state index contributed by atoms with van der Waals surface area (Å²) in [5, 5.41) is 4.22. The highest BCUT2D eigenvalue weighted by Crippen LogP contribution is 2.19. The maximum Gasteiger partial charge on any atom is 0.313 e. The Morgan fingerprint density at radius 1 is 1.38 bits per heavy atom. The van der Waals surface area contributed by atoms with E-state index in [1.165, 1.54) is 0 Å². The lowest BCUT2D eigenvalue weighted by Crippen LogP contribution is -2.13. The van der Waals surface area contributed by atoms with Crippen molar-refractivity contribution in [3.8, 4) is 0 Å². The number of fused-ring (bicyclic) bond motifs is 1. The van der Waals surface area contributed by atoms with E-state index in [0.717, 1.165) is 17.0 Å². The number of carbonyl (C=O) groups is 2. The first-order chi connectivity index (χ1) is 9.92. The second-order valence-electron chi connectivity index (χ2n) is 4.86. The summed E-state index contributed by atoms with van der Waals surface area (Å²) in [6.45, 7) is 3.81.